The summed E-state index contributed by atoms with van der Waals surface area (Å²) in [5, 5.41) is 0. The van der Waals surface area contributed by atoms with E-state index in [9.17, 15) is 4.79 Å². The second-order valence-corrected chi connectivity index (χ2v) is 4.95. The first kappa shape index (κ1) is 15.7. The van der Waals surface area contributed by atoms with Gasteiger partial charge in [0.1, 0.15) is 6.29 Å². The maximum atomic E-state index is 10.8. The summed E-state index contributed by atoms with van der Waals surface area (Å²) in [4.78, 5) is 10.8. The summed E-state index contributed by atoms with van der Waals surface area (Å²) in [6.45, 7) is 4.44. The molecule has 1 unspecified atom stereocenters. The van der Waals surface area contributed by atoms with E-state index in [2.05, 4.69) is 13.8 Å². The van der Waals surface area contributed by atoms with Crippen LogP contribution in [0, 0.1) is 5.92 Å². The Morgan fingerprint density at radius 1 is 0.750 bits per heavy atom. The highest BCUT2D eigenvalue weighted by Crippen LogP contribution is 2.16. The van der Waals surface area contributed by atoms with E-state index in [0.29, 0.717) is 5.92 Å². The Balaban J connectivity index is 3.24. The van der Waals surface area contributed by atoms with E-state index in [4.69, 9.17) is 0 Å². The second-order valence-electron chi connectivity index (χ2n) is 4.95. The Morgan fingerprint density at radius 3 is 1.81 bits per heavy atom. The molecule has 1 atom stereocenters. The van der Waals surface area contributed by atoms with E-state index in [1.807, 2.05) is 0 Å². The van der Waals surface area contributed by atoms with Gasteiger partial charge < -0.3 is 4.79 Å². The van der Waals surface area contributed by atoms with Crippen LogP contribution in [0.4, 0.5) is 0 Å². The van der Waals surface area contributed by atoms with Crippen LogP contribution in [0.5, 0.6) is 0 Å². The van der Waals surface area contributed by atoms with E-state index in [1.54, 1.807) is 0 Å². The molecule has 0 N–H and O–H groups in total. The Labute approximate surface area is 102 Å². The van der Waals surface area contributed by atoms with Crippen molar-refractivity contribution in [1.29, 1.82) is 0 Å². The molecule has 0 radical (unpaired) electrons. The highest BCUT2D eigenvalue weighted by Gasteiger charge is 2.05. The predicted octanol–water partition coefficient (Wildman–Crippen LogP) is 5.13. The molecular formula is C15H30O. The molecule has 16 heavy (non-hydrogen) atoms. The van der Waals surface area contributed by atoms with Crippen LogP contribution in [-0.4, -0.2) is 6.29 Å². The van der Waals surface area contributed by atoms with Gasteiger partial charge in [0, 0.05) is 5.92 Å². The minimum atomic E-state index is 0.343. The lowest BCUT2D eigenvalue weighted by Gasteiger charge is -2.08. The third-order valence-corrected chi connectivity index (χ3v) is 3.30. The Bertz CT molecular complexity index is 142. The van der Waals surface area contributed by atoms with Crippen LogP contribution >= 0.6 is 0 Å². The van der Waals surface area contributed by atoms with Gasteiger partial charge in [-0.3, -0.25) is 0 Å². The van der Waals surface area contributed by atoms with Gasteiger partial charge in [-0.2, -0.15) is 0 Å². The smallest absolute Gasteiger partial charge is 0.123 e. The molecular weight excluding hydrogens is 196 g/mol. The minimum absolute atomic E-state index is 0.343. The largest absolute Gasteiger partial charge is 0.303 e. The van der Waals surface area contributed by atoms with Crippen molar-refractivity contribution < 1.29 is 4.79 Å². The molecule has 1 nitrogen and oxygen atoms in total. The van der Waals surface area contributed by atoms with Gasteiger partial charge in [-0.05, 0) is 12.8 Å². The molecule has 0 aliphatic rings. The molecule has 0 heterocycles. The van der Waals surface area contributed by atoms with Gasteiger partial charge in [-0.25, -0.2) is 0 Å². The Morgan fingerprint density at radius 2 is 1.25 bits per heavy atom. The fourth-order valence-electron chi connectivity index (χ4n) is 2.11. The minimum Gasteiger partial charge on any atom is -0.303 e. The van der Waals surface area contributed by atoms with Crippen molar-refractivity contribution in [3.05, 3.63) is 0 Å². The topological polar surface area (TPSA) is 17.1 Å². The Hall–Kier alpha value is -0.330. The fraction of sp³-hybridized carbons (Fsp3) is 0.933. The van der Waals surface area contributed by atoms with Crippen molar-refractivity contribution in [2.75, 3.05) is 0 Å². The summed E-state index contributed by atoms with van der Waals surface area (Å²) in [5.41, 5.74) is 0. The predicted molar refractivity (Wildman–Crippen MR) is 71.7 cm³/mol. The van der Waals surface area contributed by atoms with Crippen LogP contribution in [0.2, 0.25) is 0 Å². The quantitative estimate of drug-likeness (QED) is 0.333. The highest BCUT2D eigenvalue weighted by molar-refractivity contribution is 5.53. The molecule has 96 valence electrons. The number of carbonyl (C=O) groups excluding carboxylic acids is 1. The van der Waals surface area contributed by atoms with Crippen LogP contribution in [-0.2, 0) is 4.79 Å². The van der Waals surface area contributed by atoms with Gasteiger partial charge >= 0.3 is 0 Å². The van der Waals surface area contributed by atoms with E-state index in [1.165, 1.54) is 64.1 Å². The molecule has 0 bridgehead atoms. The first-order valence-electron chi connectivity index (χ1n) is 7.30. The molecule has 0 aromatic heterocycles. The molecule has 0 rings (SSSR count). The molecule has 0 saturated carbocycles. The first-order valence-corrected chi connectivity index (χ1v) is 7.30. The highest BCUT2D eigenvalue weighted by atomic mass is 16.1. The summed E-state index contributed by atoms with van der Waals surface area (Å²) in [6.07, 6.45) is 15.2. The molecule has 0 aliphatic heterocycles. The standard InChI is InChI=1S/C15H30O/c1-3-5-7-8-9-10-11-13-15(14-16)12-6-4-2/h14-15H,3-13H2,1-2H3. The number of rotatable bonds is 12. The summed E-state index contributed by atoms with van der Waals surface area (Å²) in [7, 11) is 0. The van der Waals surface area contributed by atoms with Crippen molar-refractivity contribution in [1.82, 2.24) is 0 Å². The summed E-state index contributed by atoms with van der Waals surface area (Å²) >= 11 is 0. The lowest BCUT2D eigenvalue weighted by Crippen LogP contribution is -2.01. The SMILES string of the molecule is CCCCCCCCCC(C=O)CCCC. The number of hydrogen-bond donors (Lipinski definition) is 0. The van der Waals surface area contributed by atoms with Crippen molar-refractivity contribution in [3.8, 4) is 0 Å². The van der Waals surface area contributed by atoms with Crippen molar-refractivity contribution in [2.45, 2.75) is 84.5 Å². The van der Waals surface area contributed by atoms with Gasteiger partial charge in [0.2, 0.25) is 0 Å². The van der Waals surface area contributed by atoms with Crippen LogP contribution in [0.15, 0.2) is 0 Å². The van der Waals surface area contributed by atoms with Crippen LogP contribution < -0.4 is 0 Å². The lowest BCUT2D eigenvalue weighted by atomic mass is 9.96. The molecule has 0 aromatic carbocycles. The van der Waals surface area contributed by atoms with Gasteiger partial charge in [0.15, 0.2) is 0 Å². The maximum absolute atomic E-state index is 10.8. The molecule has 1 heteroatoms. The molecule has 0 fully saturated rings. The van der Waals surface area contributed by atoms with Crippen molar-refractivity contribution in [2.24, 2.45) is 5.92 Å². The van der Waals surface area contributed by atoms with Gasteiger partial charge in [-0.15, -0.1) is 0 Å². The van der Waals surface area contributed by atoms with E-state index in [0.717, 1.165) is 12.8 Å². The van der Waals surface area contributed by atoms with E-state index >= 15 is 0 Å². The third kappa shape index (κ3) is 10.2. The number of hydrogen-bond acceptors (Lipinski definition) is 1. The second kappa shape index (κ2) is 12.7. The van der Waals surface area contributed by atoms with E-state index in [-0.39, 0.29) is 0 Å². The third-order valence-electron chi connectivity index (χ3n) is 3.30. The zero-order chi connectivity index (χ0) is 12.1. The number of carbonyl (C=O) groups is 1. The van der Waals surface area contributed by atoms with Gasteiger partial charge in [-0.1, -0.05) is 71.6 Å². The molecule has 0 aliphatic carbocycles. The molecule has 0 saturated heterocycles. The Kier molecular flexibility index (Phi) is 12.5. The van der Waals surface area contributed by atoms with Gasteiger partial charge in [0.25, 0.3) is 0 Å². The summed E-state index contributed by atoms with van der Waals surface area (Å²) in [6, 6.07) is 0. The van der Waals surface area contributed by atoms with Crippen LogP contribution in [0.1, 0.15) is 84.5 Å². The number of aldehydes is 1. The zero-order valence-electron chi connectivity index (χ0n) is 11.3. The van der Waals surface area contributed by atoms with Crippen molar-refractivity contribution in [3.63, 3.8) is 0 Å². The normalized spacial score (nSPS) is 12.6. The average molecular weight is 226 g/mol. The molecule has 0 aromatic rings. The summed E-state index contributed by atoms with van der Waals surface area (Å²) < 4.78 is 0. The molecule has 0 spiro atoms. The van der Waals surface area contributed by atoms with Crippen LogP contribution in [0.25, 0.3) is 0 Å². The lowest BCUT2D eigenvalue weighted by molar-refractivity contribution is -0.111. The molecule has 0 amide bonds. The van der Waals surface area contributed by atoms with Gasteiger partial charge in [0.05, 0.1) is 0 Å². The number of unbranched alkanes of at least 4 members (excludes halogenated alkanes) is 7. The zero-order valence-corrected chi connectivity index (χ0v) is 11.3. The summed E-state index contributed by atoms with van der Waals surface area (Å²) in [5.74, 6) is 0.343. The maximum Gasteiger partial charge on any atom is 0.123 e. The monoisotopic (exact) mass is 226 g/mol. The van der Waals surface area contributed by atoms with E-state index < -0.39 is 0 Å². The average Bonchev–Trinajstić information content (AvgIpc) is 2.32. The fourth-order valence-corrected chi connectivity index (χ4v) is 2.11. The van der Waals surface area contributed by atoms with Crippen LogP contribution in [0.3, 0.4) is 0 Å². The first-order chi connectivity index (χ1) is 7.85. The van der Waals surface area contributed by atoms with Crippen molar-refractivity contribution >= 4 is 6.29 Å².